The van der Waals surface area contributed by atoms with E-state index in [1.165, 1.54) is 18.3 Å². The number of hydrogen-bond acceptors (Lipinski definition) is 9. The molecule has 0 bridgehead atoms. The zero-order valence-corrected chi connectivity index (χ0v) is 25.2. The SMILES string of the molecule is C.Cc1cc(C(=O)NC2COc3cc(Br)cnc32)ccn1.Cc1cc(C(=O)O)ccn1.NC1COc2cc(Br)cnc21. The van der Waals surface area contributed by atoms with Gasteiger partial charge in [-0.1, -0.05) is 7.43 Å². The summed E-state index contributed by atoms with van der Waals surface area (Å²) in [5.41, 5.74) is 9.71. The molecule has 0 radical (unpaired) electrons. The lowest BCUT2D eigenvalue weighted by Crippen LogP contribution is -2.29. The fourth-order valence-corrected chi connectivity index (χ4v) is 4.48. The van der Waals surface area contributed by atoms with E-state index in [2.05, 4.69) is 57.1 Å². The molecule has 0 fully saturated rings. The van der Waals surface area contributed by atoms with Crippen molar-refractivity contribution in [2.75, 3.05) is 13.2 Å². The lowest BCUT2D eigenvalue weighted by Gasteiger charge is -2.11. The molecule has 6 rings (SSSR count). The molecule has 0 saturated heterocycles. The molecular formula is C29H30Br2N6O5. The van der Waals surface area contributed by atoms with Crippen molar-refractivity contribution in [2.45, 2.75) is 33.4 Å². The van der Waals surface area contributed by atoms with Crippen LogP contribution in [0.15, 0.2) is 70.1 Å². The van der Waals surface area contributed by atoms with E-state index in [9.17, 15) is 9.59 Å². The van der Waals surface area contributed by atoms with E-state index in [4.69, 9.17) is 20.3 Å². The summed E-state index contributed by atoms with van der Waals surface area (Å²) in [5.74, 6) is 0.439. The number of halogens is 2. The quantitative estimate of drug-likeness (QED) is 0.253. The molecule has 6 heterocycles. The van der Waals surface area contributed by atoms with Crippen LogP contribution in [0.2, 0.25) is 0 Å². The Morgan fingerprint density at radius 1 is 0.857 bits per heavy atom. The van der Waals surface area contributed by atoms with Crippen molar-refractivity contribution in [1.29, 1.82) is 0 Å². The van der Waals surface area contributed by atoms with Gasteiger partial charge < -0.3 is 25.6 Å². The standard InChI is InChI=1S/C14H12BrN3O2.C7H7BrN2O.C7H7NO2.CH4/c1-8-4-9(2-3-16-8)14(19)18-11-7-20-12-5-10(15)6-17-13(11)12;8-4-1-6-7(10-2-4)5(9)3-11-6;1-5-4-6(7(9)10)2-3-8-5;/h2-6,11H,7H2,1H3,(H,18,19);1-2,5H,3,9H2;2-4H,1H3,(H,9,10);1H4. The van der Waals surface area contributed by atoms with Crippen molar-refractivity contribution >= 4 is 43.7 Å². The van der Waals surface area contributed by atoms with Crippen LogP contribution in [0.3, 0.4) is 0 Å². The summed E-state index contributed by atoms with van der Waals surface area (Å²) in [6.45, 7) is 4.55. The Morgan fingerprint density at radius 2 is 1.38 bits per heavy atom. The molecule has 4 N–H and O–H groups in total. The molecule has 0 aliphatic carbocycles. The van der Waals surface area contributed by atoms with E-state index < -0.39 is 5.97 Å². The molecule has 2 aliphatic heterocycles. The van der Waals surface area contributed by atoms with Gasteiger partial charge in [-0.25, -0.2) is 4.79 Å². The largest absolute Gasteiger partial charge is 0.490 e. The van der Waals surface area contributed by atoms with Gasteiger partial charge in [-0.3, -0.25) is 24.7 Å². The molecule has 1 amide bonds. The second-order valence-electron chi connectivity index (χ2n) is 9.01. The van der Waals surface area contributed by atoms with Crippen LogP contribution in [0.25, 0.3) is 0 Å². The van der Waals surface area contributed by atoms with Crippen LogP contribution in [0, 0.1) is 13.8 Å². The fraction of sp³-hybridized carbons (Fsp3) is 0.241. The minimum atomic E-state index is -0.912. The van der Waals surface area contributed by atoms with Gasteiger partial charge in [0.15, 0.2) is 0 Å². The van der Waals surface area contributed by atoms with Gasteiger partial charge in [-0.2, -0.15) is 0 Å². The maximum atomic E-state index is 12.2. The number of amides is 1. The predicted octanol–water partition coefficient (Wildman–Crippen LogP) is 5.37. The number of aromatic nitrogens is 4. The third-order valence-corrected chi connectivity index (χ3v) is 6.68. The molecule has 11 nitrogen and oxygen atoms in total. The average molecular weight is 702 g/mol. The van der Waals surface area contributed by atoms with Crippen molar-refractivity contribution in [3.05, 3.63) is 104 Å². The Bertz CT molecular complexity index is 1570. The number of nitrogens with one attached hydrogen (secondary N) is 1. The maximum Gasteiger partial charge on any atom is 0.335 e. The highest BCUT2D eigenvalue weighted by molar-refractivity contribution is 9.10. The summed E-state index contributed by atoms with van der Waals surface area (Å²) >= 11 is 6.65. The first kappa shape index (κ1) is 32.6. The number of carboxylic acid groups (broad SMARTS) is 1. The van der Waals surface area contributed by atoms with Crippen molar-refractivity contribution in [3.8, 4) is 11.5 Å². The van der Waals surface area contributed by atoms with Gasteiger partial charge in [0.2, 0.25) is 0 Å². The molecule has 220 valence electrons. The van der Waals surface area contributed by atoms with Crippen LogP contribution < -0.4 is 20.5 Å². The van der Waals surface area contributed by atoms with E-state index in [1.807, 2.05) is 19.1 Å². The number of aryl methyl sites for hydroxylation is 2. The van der Waals surface area contributed by atoms with Crippen LogP contribution in [0.5, 0.6) is 11.5 Å². The van der Waals surface area contributed by atoms with Crippen LogP contribution >= 0.6 is 31.9 Å². The minimum absolute atomic E-state index is 0. The Kier molecular flexibility index (Phi) is 11.5. The summed E-state index contributed by atoms with van der Waals surface area (Å²) in [6.07, 6.45) is 6.54. The minimum Gasteiger partial charge on any atom is -0.490 e. The van der Waals surface area contributed by atoms with E-state index in [0.29, 0.717) is 24.5 Å². The molecular weight excluding hydrogens is 672 g/mol. The third kappa shape index (κ3) is 8.54. The van der Waals surface area contributed by atoms with E-state index in [0.717, 1.165) is 37.5 Å². The fourth-order valence-electron chi connectivity index (χ4n) is 3.86. The van der Waals surface area contributed by atoms with Crippen molar-refractivity contribution in [3.63, 3.8) is 0 Å². The highest BCUT2D eigenvalue weighted by atomic mass is 79.9. The Hall–Kier alpha value is -3.94. The topological polar surface area (TPSA) is 162 Å². The number of rotatable bonds is 3. The monoisotopic (exact) mass is 700 g/mol. The zero-order chi connectivity index (χ0) is 29.5. The number of nitrogens with zero attached hydrogens (tertiary/aromatic N) is 4. The molecule has 0 spiro atoms. The number of pyridine rings is 4. The van der Waals surface area contributed by atoms with Gasteiger partial charge in [-0.15, -0.1) is 0 Å². The number of fused-ring (bicyclic) bond motifs is 2. The van der Waals surface area contributed by atoms with Crippen LogP contribution in [0.4, 0.5) is 0 Å². The first-order chi connectivity index (χ1) is 19.6. The summed E-state index contributed by atoms with van der Waals surface area (Å²) in [5, 5.41) is 11.4. The highest BCUT2D eigenvalue weighted by Gasteiger charge is 2.27. The molecule has 2 aliphatic rings. The van der Waals surface area contributed by atoms with Crippen molar-refractivity contribution < 1.29 is 24.2 Å². The predicted molar refractivity (Wildman–Crippen MR) is 164 cm³/mol. The van der Waals surface area contributed by atoms with Gasteiger partial charge in [0.1, 0.15) is 42.1 Å². The summed E-state index contributed by atoms with van der Waals surface area (Å²) in [4.78, 5) is 38.9. The normalized spacial score (nSPS) is 15.5. The number of carboxylic acids is 1. The summed E-state index contributed by atoms with van der Waals surface area (Å²) in [6, 6.07) is 9.89. The maximum absolute atomic E-state index is 12.2. The van der Waals surface area contributed by atoms with Crippen molar-refractivity contribution in [1.82, 2.24) is 25.3 Å². The Balaban J connectivity index is 0.000000187. The Labute approximate surface area is 260 Å². The summed E-state index contributed by atoms with van der Waals surface area (Å²) < 4.78 is 12.6. The van der Waals surface area contributed by atoms with Crippen LogP contribution in [-0.4, -0.2) is 50.1 Å². The lowest BCUT2D eigenvalue weighted by atomic mass is 10.1. The van der Waals surface area contributed by atoms with Gasteiger partial charge in [0.25, 0.3) is 5.91 Å². The molecule has 2 unspecified atom stereocenters. The zero-order valence-electron chi connectivity index (χ0n) is 22.0. The van der Waals surface area contributed by atoms with Gasteiger partial charge >= 0.3 is 5.97 Å². The smallest absolute Gasteiger partial charge is 0.335 e. The third-order valence-electron chi connectivity index (χ3n) is 5.81. The van der Waals surface area contributed by atoms with E-state index in [1.54, 1.807) is 37.6 Å². The highest BCUT2D eigenvalue weighted by Crippen LogP contribution is 2.33. The molecule has 2 atom stereocenters. The second-order valence-corrected chi connectivity index (χ2v) is 10.8. The molecule has 4 aromatic rings. The van der Waals surface area contributed by atoms with Crippen LogP contribution in [0.1, 0.15) is 63.0 Å². The molecule has 42 heavy (non-hydrogen) atoms. The van der Waals surface area contributed by atoms with Crippen molar-refractivity contribution in [2.24, 2.45) is 5.73 Å². The number of carbonyl (C=O) groups is 2. The van der Waals surface area contributed by atoms with Gasteiger partial charge in [0, 0.05) is 50.7 Å². The van der Waals surface area contributed by atoms with Crippen LogP contribution in [-0.2, 0) is 0 Å². The molecule has 0 saturated carbocycles. The van der Waals surface area contributed by atoms with Gasteiger partial charge in [-0.05, 0) is 82.1 Å². The number of carbonyl (C=O) groups excluding carboxylic acids is 1. The number of hydrogen-bond donors (Lipinski definition) is 3. The number of aromatic carboxylic acids is 1. The molecule has 4 aromatic heterocycles. The first-order valence-electron chi connectivity index (χ1n) is 12.3. The first-order valence-corrected chi connectivity index (χ1v) is 13.9. The van der Waals surface area contributed by atoms with Gasteiger partial charge in [0.05, 0.1) is 11.6 Å². The average Bonchev–Trinajstić information content (AvgIpc) is 3.51. The lowest BCUT2D eigenvalue weighted by molar-refractivity contribution is 0.0696. The number of nitrogens with two attached hydrogens (primary N) is 1. The molecule has 13 heteroatoms. The van der Waals surface area contributed by atoms with E-state index >= 15 is 0 Å². The molecule has 0 aromatic carbocycles. The second kappa shape index (κ2) is 14.8. The Morgan fingerprint density at radius 3 is 1.95 bits per heavy atom. The van der Waals surface area contributed by atoms with E-state index in [-0.39, 0.29) is 31.0 Å². The summed E-state index contributed by atoms with van der Waals surface area (Å²) in [7, 11) is 0. The number of ether oxygens (including phenoxy) is 2.